The highest BCUT2D eigenvalue weighted by Gasteiger charge is 2.32. The van der Waals surface area contributed by atoms with Gasteiger partial charge in [-0.15, -0.1) is 0 Å². The number of amides is 2. The number of likely N-dealkylation sites (N-methyl/N-ethyl adjacent to an activating group) is 1. The number of nitrogens with zero attached hydrogens (tertiary/aromatic N) is 2. The summed E-state index contributed by atoms with van der Waals surface area (Å²) >= 11 is 0. The van der Waals surface area contributed by atoms with Crippen LogP contribution in [0.15, 0.2) is 77.7 Å². The van der Waals surface area contributed by atoms with Gasteiger partial charge in [0.15, 0.2) is 0 Å². The largest absolute Gasteiger partial charge is 0.494 e. The lowest BCUT2D eigenvalue weighted by atomic mass is 10.1. The van der Waals surface area contributed by atoms with Gasteiger partial charge in [0.05, 0.1) is 17.2 Å². The molecule has 0 aliphatic rings. The molecule has 0 fully saturated rings. The van der Waals surface area contributed by atoms with E-state index in [1.54, 1.807) is 50.2 Å². The summed E-state index contributed by atoms with van der Waals surface area (Å²) in [7, 11) is -4.13. The highest BCUT2D eigenvalue weighted by molar-refractivity contribution is 7.92. The fourth-order valence-corrected chi connectivity index (χ4v) is 5.53. The minimum absolute atomic E-state index is 0.0292. The van der Waals surface area contributed by atoms with E-state index in [4.69, 9.17) is 4.74 Å². The van der Waals surface area contributed by atoms with E-state index in [0.717, 1.165) is 21.0 Å². The Balaban J connectivity index is 2.02. The molecule has 0 saturated heterocycles. The molecule has 0 bridgehead atoms. The summed E-state index contributed by atoms with van der Waals surface area (Å²) in [5, 5.41) is 2.77. The van der Waals surface area contributed by atoms with Crippen molar-refractivity contribution < 1.29 is 22.7 Å². The molecule has 3 aromatic rings. The quantitative estimate of drug-likeness (QED) is 0.359. The number of rotatable bonds is 12. The molecule has 39 heavy (non-hydrogen) atoms. The molecular weight excluding hydrogens is 514 g/mol. The van der Waals surface area contributed by atoms with Gasteiger partial charge in [0.2, 0.25) is 11.8 Å². The van der Waals surface area contributed by atoms with Gasteiger partial charge < -0.3 is 15.0 Å². The van der Waals surface area contributed by atoms with Crippen molar-refractivity contribution in [2.75, 3.05) is 24.0 Å². The molecule has 0 saturated carbocycles. The fraction of sp³-hybridized carbons (Fsp3) is 0.333. The van der Waals surface area contributed by atoms with Gasteiger partial charge >= 0.3 is 0 Å². The van der Waals surface area contributed by atoms with Crippen LogP contribution in [0.25, 0.3) is 0 Å². The minimum atomic E-state index is -4.13. The van der Waals surface area contributed by atoms with Crippen LogP contribution in [0.4, 0.5) is 5.69 Å². The van der Waals surface area contributed by atoms with Crippen molar-refractivity contribution in [1.82, 2.24) is 10.2 Å². The third-order valence-corrected chi connectivity index (χ3v) is 8.23. The summed E-state index contributed by atoms with van der Waals surface area (Å²) in [5.41, 5.74) is 3.15. The summed E-state index contributed by atoms with van der Waals surface area (Å²) in [6, 6.07) is 19.8. The Morgan fingerprint density at radius 1 is 0.923 bits per heavy atom. The zero-order chi connectivity index (χ0) is 28.6. The molecule has 1 N–H and O–H groups in total. The molecule has 3 rings (SSSR count). The van der Waals surface area contributed by atoms with Gasteiger partial charge in [-0.1, -0.05) is 42.0 Å². The molecule has 208 valence electrons. The SMILES string of the molecule is CCNC(=O)[C@H](C)N(Cc1ccccc1C)C(=O)CN(c1ccc(C)cc1)S(=O)(=O)c1ccc(OCC)cc1. The maximum absolute atomic E-state index is 13.9. The topological polar surface area (TPSA) is 96.0 Å². The van der Waals surface area contributed by atoms with E-state index in [-0.39, 0.29) is 17.3 Å². The van der Waals surface area contributed by atoms with Gasteiger partial charge in [-0.3, -0.25) is 13.9 Å². The van der Waals surface area contributed by atoms with Crippen LogP contribution in [0, 0.1) is 13.8 Å². The molecular formula is C30H37N3O5S. The molecule has 0 aliphatic carbocycles. The molecule has 0 spiro atoms. The van der Waals surface area contributed by atoms with Gasteiger partial charge in [-0.2, -0.15) is 0 Å². The monoisotopic (exact) mass is 551 g/mol. The van der Waals surface area contributed by atoms with Crippen LogP contribution < -0.4 is 14.4 Å². The van der Waals surface area contributed by atoms with E-state index in [0.29, 0.717) is 24.6 Å². The Morgan fingerprint density at radius 2 is 1.56 bits per heavy atom. The van der Waals surface area contributed by atoms with Crippen LogP contribution in [-0.2, 0) is 26.2 Å². The van der Waals surface area contributed by atoms with Crippen LogP contribution >= 0.6 is 0 Å². The van der Waals surface area contributed by atoms with Crippen LogP contribution in [-0.4, -0.2) is 50.9 Å². The normalized spacial score (nSPS) is 11.9. The number of carbonyl (C=O) groups excluding carboxylic acids is 2. The Kier molecular flexibility index (Phi) is 10.1. The first-order valence-corrected chi connectivity index (χ1v) is 14.5. The second kappa shape index (κ2) is 13.3. The van der Waals surface area contributed by atoms with Crippen LogP contribution in [0.1, 0.15) is 37.5 Å². The maximum Gasteiger partial charge on any atom is 0.264 e. The van der Waals surface area contributed by atoms with E-state index in [9.17, 15) is 18.0 Å². The van der Waals surface area contributed by atoms with Crippen molar-refractivity contribution in [2.24, 2.45) is 0 Å². The Labute approximate surface area is 231 Å². The number of aryl methyl sites for hydroxylation is 2. The summed E-state index contributed by atoms with van der Waals surface area (Å²) < 4.78 is 34.3. The van der Waals surface area contributed by atoms with Crippen molar-refractivity contribution in [1.29, 1.82) is 0 Å². The third-order valence-electron chi connectivity index (χ3n) is 6.44. The zero-order valence-electron chi connectivity index (χ0n) is 23.2. The van der Waals surface area contributed by atoms with Gasteiger partial charge in [0.25, 0.3) is 10.0 Å². The lowest BCUT2D eigenvalue weighted by molar-refractivity contribution is -0.139. The van der Waals surface area contributed by atoms with Crippen molar-refractivity contribution in [3.8, 4) is 5.75 Å². The number of ether oxygens (including phenoxy) is 1. The predicted molar refractivity (Wildman–Crippen MR) is 153 cm³/mol. The summed E-state index contributed by atoms with van der Waals surface area (Å²) in [6.07, 6.45) is 0. The summed E-state index contributed by atoms with van der Waals surface area (Å²) in [4.78, 5) is 28.2. The molecule has 9 heteroatoms. The van der Waals surface area contributed by atoms with Crippen LogP contribution in [0.5, 0.6) is 5.75 Å². The first-order valence-electron chi connectivity index (χ1n) is 13.0. The number of sulfonamides is 1. The number of benzene rings is 3. The first-order chi connectivity index (χ1) is 18.6. The van der Waals surface area contributed by atoms with Crippen LogP contribution in [0.3, 0.4) is 0 Å². The summed E-state index contributed by atoms with van der Waals surface area (Å²) in [6.45, 7) is 9.69. The van der Waals surface area contributed by atoms with Crippen molar-refractivity contribution >= 4 is 27.5 Å². The average molecular weight is 552 g/mol. The number of hydrogen-bond acceptors (Lipinski definition) is 5. The Hall–Kier alpha value is -3.85. The molecule has 0 radical (unpaired) electrons. The maximum atomic E-state index is 13.9. The van der Waals surface area contributed by atoms with Crippen LogP contribution in [0.2, 0.25) is 0 Å². The predicted octanol–water partition coefficient (Wildman–Crippen LogP) is 4.45. The van der Waals surface area contributed by atoms with E-state index in [2.05, 4.69) is 5.32 Å². The molecule has 0 unspecified atom stereocenters. The third kappa shape index (κ3) is 7.38. The Morgan fingerprint density at radius 3 is 2.15 bits per heavy atom. The highest BCUT2D eigenvalue weighted by Crippen LogP contribution is 2.26. The van der Waals surface area contributed by atoms with Crippen molar-refractivity contribution in [3.05, 3.63) is 89.5 Å². The lowest BCUT2D eigenvalue weighted by Crippen LogP contribution is -2.51. The van der Waals surface area contributed by atoms with E-state index >= 15 is 0 Å². The van der Waals surface area contributed by atoms with Gasteiger partial charge in [-0.05, 0) is 82.1 Å². The second-order valence-corrected chi connectivity index (χ2v) is 11.1. The lowest BCUT2D eigenvalue weighted by Gasteiger charge is -2.32. The molecule has 3 aromatic carbocycles. The zero-order valence-corrected chi connectivity index (χ0v) is 24.0. The standard InChI is InChI=1S/C30H37N3O5S/c1-6-31-30(35)24(5)32(20-25-11-9-8-10-23(25)4)29(34)21-33(26-14-12-22(3)13-15-26)39(36,37)28-18-16-27(17-19-28)38-7-2/h8-19,24H,6-7,20-21H2,1-5H3,(H,31,35)/t24-/m0/s1. The molecule has 0 aliphatic heterocycles. The molecule has 2 amide bonds. The Bertz CT molecular complexity index is 1370. The highest BCUT2D eigenvalue weighted by atomic mass is 32.2. The number of carbonyl (C=O) groups is 2. The van der Waals surface area contributed by atoms with E-state index in [1.807, 2.05) is 45.0 Å². The first kappa shape index (κ1) is 29.7. The van der Waals surface area contributed by atoms with Gasteiger partial charge in [0, 0.05) is 13.1 Å². The number of nitrogens with one attached hydrogen (secondary N) is 1. The van der Waals surface area contributed by atoms with Crippen molar-refractivity contribution in [3.63, 3.8) is 0 Å². The fourth-order valence-electron chi connectivity index (χ4n) is 4.12. The molecule has 1 atom stereocenters. The summed E-state index contributed by atoms with van der Waals surface area (Å²) in [5.74, 6) is -0.252. The van der Waals surface area contributed by atoms with Crippen molar-refractivity contribution in [2.45, 2.75) is 52.1 Å². The van der Waals surface area contributed by atoms with E-state index in [1.165, 1.54) is 17.0 Å². The van der Waals surface area contributed by atoms with Gasteiger partial charge in [-0.25, -0.2) is 8.42 Å². The number of anilines is 1. The minimum Gasteiger partial charge on any atom is -0.494 e. The number of hydrogen-bond donors (Lipinski definition) is 1. The molecule has 8 nitrogen and oxygen atoms in total. The smallest absolute Gasteiger partial charge is 0.264 e. The van der Waals surface area contributed by atoms with Gasteiger partial charge in [0.1, 0.15) is 18.3 Å². The van der Waals surface area contributed by atoms with E-state index < -0.39 is 28.5 Å². The molecule has 0 heterocycles. The molecule has 0 aromatic heterocycles. The average Bonchev–Trinajstić information content (AvgIpc) is 2.92. The second-order valence-electron chi connectivity index (χ2n) is 9.27.